The molecule has 1 aromatic heterocycles. The number of hydrogen-bond acceptors (Lipinski definition) is 3. The molecule has 0 aliphatic carbocycles. The number of carbonyl (C=O) groups excluding carboxylic acids is 1. The van der Waals surface area contributed by atoms with Gasteiger partial charge in [0, 0.05) is 44.0 Å². The predicted molar refractivity (Wildman–Crippen MR) is 70.5 cm³/mol. The van der Waals surface area contributed by atoms with Crippen molar-refractivity contribution in [2.75, 3.05) is 26.2 Å². The lowest BCUT2D eigenvalue weighted by Gasteiger charge is -2.30. The first-order chi connectivity index (χ1) is 8.69. The maximum atomic E-state index is 12.3. The zero-order valence-electron chi connectivity index (χ0n) is 11.4. The van der Waals surface area contributed by atoms with E-state index in [9.17, 15) is 4.79 Å². The Balaban J connectivity index is 2.15. The Bertz CT molecular complexity index is 407. The second-order valence-electron chi connectivity index (χ2n) is 4.77. The molecule has 1 saturated heterocycles. The van der Waals surface area contributed by atoms with Crippen LogP contribution in [0.4, 0.5) is 0 Å². The van der Waals surface area contributed by atoms with Gasteiger partial charge in [-0.15, -0.1) is 0 Å². The summed E-state index contributed by atoms with van der Waals surface area (Å²) in [4.78, 5) is 18.4. The molecular formula is C13H22N4O. The standard InChI is InChI=1S/C13H22N4O/c1-4-16(5-2)13(18)10(3)17-9-15-8-12(17)11-6-14-7-11/h8-11,14H,4-7H2,1-3H3. The van der Waals surface area contributed by atoms with Crippen LogP contribution in [0, 0.1) is 0 Å². The van der Waals surface area contributed by atoms with Gasteiger partial charge in [-0.2, -0.15) is 0 Å². The summed E-state index contributed by atoms with van der Waals surface area (Å²) in [7, 11) is 0. The van der Waals surface area contributed by atoms with Crippen LogP contribution in [0.1, 0.15) is 38.4 Å². The van der Waals surface area contributed by atoms with Crippen LogP contribution in [0.2, 0.25) is 0 Å². The molecule has 1 aromatic rings. The third-order valence-electron chi connectivity index (χ3n) is 3.75. The minimum atomic E-state index is -0.164. The minimum absolute atomic E-state index is 0.164. The number of nitrogens with zero attached hydrogens (tertiary/aromatic N) is 3. The van der Waals surface area contributed by atoms with Gasteiger partial charge in [0.15, 0.2) is 0 Å². The second kappa shape index (κ2) is 5.52. The van der Waals surface area contributed by atoms with Gasteiger partial charge in [0.1, 0.15) is 6.04 Å². The van der Waals surface area contributed by atoms with Gasteiger partial charge < -0.3 is 14.8 Å². The number of rotatable bonds is 5. The Morgan fingerprint density at radius 3 is 2.72 bits per heavy atom. The van der Waals surface area contributed by atoms with E-state index in [2.05, 4.69) is 10.3 Å². The number of nitrogens with one attached hydrogen (secondary N) is 1. The van der Waals surface area contributed by atoms with Gasteiger partial charge in [-0.05, 0) is 20.8 Å². The van der Waals surface area contributed by atoms with Crippen molar-refractivity contribution < 1.29 is 4.79 Å². The molecule has 5 heteroatoms. The van der Waals surface area contributed by atoms with Gasteiger partial charge >= 0.3 is 0 Å². The lowest BCUT2D eigenvalue weighted by Crippen LogP contribution is -2.42. The first-order valence-corrected chi connectivity index (χ1v) is 6.70. The Morgan fingerprint density at radius 2 is 2.22 bits per heavy atom. The van der Waals surface area contributed by atoms with E-state index >= 15 is 0 Å². The first kappa shape index (κ1) is 13.1. The monoisotopic (exact) mass is 250 g/mol. The third-order valence-corrected chi connectivity index (χ3v) is 3.75. The number of imidazole rings is 1. The Hall–Kier alpha value is -1.36. The van der Waals surface area contributed by atoms with Crippen LogP contribution in [0.3, 0.4) is 0 Å². The fraction of sp³-hybridized carbons (Fsp3) is 0.692. The van der Waals surface area contributed by atoms with Crippen LogP contribution in [-0.2, 0) is 4.79 Å². The van der Waals surface area contributed by atoms with Crippen molar-refractivity contribution >= 4 is 5.91 Å². The zero-order chi connectivity index (χ0) is 13.1. The Morgan fingerprint density at radius 1 is 1.56 bits per heavy atom. The summed E-state index contributed by atoms with van der Waals surface area (Å²) in [5.41, 5.74) is 1.17. The van der Waals surface area contributed by atoms with E-state index in [0.29, 0.717) is 5.92 Å². The largest absolute Gasteiger partial charge is 0.341 e. The lowest BCUT2D eigenvalue weighted by molar-refractivity contribution is -0.133. The normalized spacial score (nSPS) is 17.3. The molecule has 100 valence electrons. The highest BCUT2D eigenvalue weighted by atomic mass is 16.2. The molecule has 2 rings (SSSR count). The van der Waals surface area contributed by atoms with E-state index in [4.69, 9.17) is 0 Å². The summed E-state index contributed by atoms with van der Waals surface area (Å²) < 4.78 is 2.02. The van der Waals surface area contributed by atoms with Crippen LogP contribution in [0.25, 0.3) is 0 Å². The van der Waals surface area contributed by atoms with Crippen LogP contribution in [0.15, 0.2) is 12.5 Å². The third kappa shape index (κ3) is 2.27. The van der Waals surface area contributed by atoms with Crippen molar-refractivity contribution in [1.29, 1.82) is 0 Å². The van der Waals surface area contributed by atoms with E-state index in [1.54, 1.807) is 6.33 Å². The summed E-state index contributed by atoms with van der Waals surface area (Å²) in [6.45, 7) is 9.47. The number of aromatic nitrogens is 2. The summed E-state index contributed by atoms with van der Waals surface area (Å²) in [5.74, 6) is 0.672. The maximum absolute atomic E-state index is 12.3. The topological polar surface area (TPSA) is 50.2 Å². The summed E-state index contributed by atoms with van der Waals surface area (Å²) in [5, 5.41) is 3.25. The molecule has 1 aliphatic rings. The second-order valence-corrected chi connectivity index (χ2v) is 4.77. The maximum Gasteiger partial charge on any atom is 0.245 e. The predicted octanol–water partition coefficient (Wildman–Crippen LogP) is 0.999. The molecule has 2 heterocycles. The average molecular weight is 250 g/mol. The van der Waals surface area contributed by atoms with Crippen molar-refractivity contribution in [2.45, 2.75) is 32.7 Å². The number of carbonyl (C=O) groups is 1. The number of amides is 1. The molecule has 1 N–H and O–H groups in total. The quantitative estimate of drug-likeness (QED) is 0.848. The van der Waals surface area contributed by atoms with E-state index in [0.717, 1.165) is 26.2 Å². The molecule has 1 amide bonds. The summed E-state index contributed by atoms with van der Waals surface area (Å²) in [6.07, 6.45) is 3.66. The van der Waals surface area contributed by atoms with Crippen molar-refractivity contribution in [3.05, 3.63) is 18.2 Å². The van der Waals surface area contributed by atoms with Gasteiger partial charge in [-0.3, -0.25) is 4.79 Å². The Kier molecular flexibility index (Phi) is 4.01. The van der Waals surface area contributed by atoms with Crippen LogP contribution in [0.5, 0.6) is 0 Å². The lowest BCUT2D eigenvalue weighted by atomic mass is 9.99. The molecule has 1 fully saturated rings. The van der Waals surface area contributed by atoms with Gasteiger partial charge in [0.25, 0.3) is 0 Å². The van der Waals surface area contributed by atoms with E-state index < -0.39 is 0 Å². The highest BCUT2D eigenvalue weighted by Crippen LogP contribution is 2.23. The zero-order valence-corrected chi connectivity index (χ0v) is 11.4. The number of hydrogen-bond donors (Lipinski definition) is 1. The smallest absolute Gasteiger partial charge is 0.245 e. The highest BCUT2D eigenvalue weighted by Gasteiger charge is 2.27. The molecule has 0 aromatic carbocycles. The molecule has 1 atom stereocenters. The van der Waals surface area contributed by atoms with Crippen LogP contribution >= 0.6 is 0 Å². The van der Waals surface area contributed by atoms with E-state index in [1.165, 1.54) is 5.69 Å². The van der Waals surface area contributed by atoms with Crippen LogP contribution in [-0.4, -0.2) is 46.5 Å². The summed E-state index contributed by atoms with van der Waals surface area (Å²) in [6, 6.07) is -0.164. The molecule has 5 nitrogen and oxygen atoms in total. The van der Waals surface area contributed by atoms with Gasteiger partial charge in [0.05, 0.1) is 6.33 Å². The molecule has 1 unspecified atom stereocenters. The molecule has 0 spiro atoms. The fourth-order valence-corrected chi connectivity index (χ4v) is 2.37. The van der Waals surface area contributed by atoms with Crippen molar-refractivity contribution in [2.24, 2.45) is 0 Å². The molecule has 1 aliphatic heterocycles. The van der Waals surface area contributed by atoms with Gasteiger partial charge in [-0.1, -0.05) is 0 Å². The molecule has 18 heavy (non-hydrogen) atoms. The van der Waals surface area contributed by atoms with Crippen molar-refractivity contribution in [3.63, 3.8) is 0 Å². The van der Waals surface area contributed by atoms with E-state index in [1.807, 2.05) is 36.4 Å². The molecule has 0 bridgehead atoms. The SMILES string of the molecule is CCN(CC)C(=O)C(C)n1cncc1C1CNC1. The molecular weight excluding hydrogens is 228 g/mol. The molecule has 0 saturated carbocycles. The van der Waals surface area contributed by atoms with E-state index in [-0.39, 0.29) is 11.9 Å². The summed E-state index contributed by atoms with van der Waals surface area (Å²) >= 11 is 0. The first-order valence-electron chi connectivity index (χ1n) is 6.70. The number of likely N-dealkylation sites (N-methyl/N-ethyl adjacent to an activating group) is 1. The highest BCUT2D eigenvalue weighted by molar-refractivity contribution is 5.80. The van der Waals surface area contributed by atoms with Gasteiger partial charge in [0.2, 0.25) is 5.91 Å². The minimum Gasteiger partial charge on any atom is -0.341 e. The molecule has 0 radical (unpaired) electrons. The fourth-order valence-electron chi connectivity index (χ4n) is 2.37. The van der Waals surface area contributed by atoms with Crippen LogP contribution < -0.4 is 5.32 Å². The Labute approximate surface area is 108 Å². The average Bonchev–Trinajstić information content (AvgIpc) is 2.76. The van der Waals surface area contributed by atoms with Gasteiger partial charge in [-0.25, -0.2) is 4.98 Å². The van der Waals surface area contributed by atoms with Crippen molar-refractivity contribution in [3.8, 4) is 0 Å². The van der Waals surface area contributed by atoms with Crippen molar-refractivity contribution in [1.82, 2.24) is 19.8 Å².